The maximum Gasteiger partial charge on any atom is 0.339 e. The molecule has 0 saturated heterocycles. The van der Waals surface area contributed by atoms with E-state index in [0.29, 0.717) is 6.54 Å². The van der Waals surface area contributed by atoms with Crippen molar-refractivity contribution >= 4 is 17.3 Å². The number of aryl methyl sites for hydroxylation is 1. The van der Waals surface area contributed by atoms with Crippen LogP contribution < -0.4 is 21.7 Å². The molecule has 6 nitrogen and oxygen atoms in total. The average molecular weight is 393 g/mol. The van der Waals surface area contributed by atoms with Gasteiger partial charge in [-0.05, 0) is 66.9 Å². The SMILES string of the molecule is CN(c1ccccc1)c1ccc2c(c1)CCC[C@H]2CN/C(N)=C(/C=C\N)C(=O)O. The molecular weight excluding hydrogens is 364 g/mol. The highest BCUT2D eigenvalue weighted by atomic mass is 16.4. The van der Waals surface area contributed by atoms with Crippen LogP contribution in [0.1, 0.15) is 29.9 Å². The molecule has 0 fully saturated rings. The maximum atomic E-state index is 11.3. The normalized spacial score (nSPS) is 16.8. The lowest BCUT2D eigenvalue weighted by Crippen LogP contribution is -2.30. The molecule has 2 aromatic rings. The summed E-state index contributed by atoms with van der Waals surface area (Å²) in [5.41, 5.74) is 16.2. The number of nitrogens with one attached hydrogen (secondary N) is 1. The van der Waals surface area contributed by atoms with Crippen molar-refractivity contribution in [3.8, 4) is 0 Å². The van der Waals surface area contributed by atoms with E-state index < -0.39 is 5.97 Å². The fraction of sp³-hybridized carbons (Fsp3) is 0.261. The third-order valence-electron chi connectivity index (χ3n) is 5.42. The van der Waals surface area contributed by atoms with Gasteiger partial charge in [0.15, 0.2) is 0 Å². The summed E-state index contributed by atoms with van der Waals surface area (Å²) in [7, 11) is 2.07. The first kappa shape index (κ1) is 20.3. The number of para-hydroxylation sites is 1. The summed E-state index contributed by atoms with van der Waals surface area (Å²) < 4.78 is 0. The molecule has 0 unspecified atom stereocenters. The summed E-state index contributed by atoms with van der Waals surface area (Å²) in [6.07, 6.45) is 5.65. The number of hydrogen-bond donors (Lipinski definition) is 4. The van der Waals surface area contributed by atoms with Crippen molar-refractivity contribution in [3.05, 3.63) is 83.3 Å². The van der Waals surface area contributed by atoms with E-state index in [4.69, 9.17) is 11.5 Å². The molecule has 0 aromatic heterocycles. The van der Waals surface area contributed by atoms with Gasteiger partial charge in [-0.2, -0.15) is 0 Å². The molecule has 0 bridgehead atoms. The first-order chi connectivity index (χ1) is 14.0. The van der Waals surface area contributed by atoms with Gasteiger partial charge >= 0.3 is 5.97 Å². The second-order valence-corrected chi connectivity index (χ2v) is 7.24. The Morgan fingerprint density at radius 1 is 1.24 bits per heavy atom. The van der Waals surface area contributed by atoms with Gasteiger partial charge < -0.3 is 26.8 Å². The summed E-state index contributed by atoms with van der Waals surface area (Å²) >= 11 is 0. The summed E-state index contributed by atoms with van der Waals surface area (Å²) in [6.45, 7) is 0.585. The lowest BCUT2D eigenvalue weighted by Gasteiger charge is -2.28. The molecule has 2 aromatic carbocycles. The molecule has 1 atom stereocenters. The van der Waals surface area contributed by atoms with Gasteiger partial charge in [0.2, 0.25) is 0 Å². The minimum Gasteiger partial charge on any atom is -0.478 e. The molecule has 0 amide bonds. The van der Waals surface area contributed by atoms with E-state index in [-0.39, 0.29) is 17.3 Å². The van der Waals surface area contributed by atoms with E-state index in [1.807, 2.05) is 18.2 Å². The lowest BCUT2D eigenvalue weighted by molar-refractivity contribution is -0.132. The fourth-order valence-electron chi connectivity index (χ4n) is 3.82. The smallest absolute Gasteiger partial charge is 0.339 e. The largest absolute Gasteiger partial charge is 0.478 e. The molecule has 0 saturated carbocycles. The van der Waals surface area contributed by atoms with Gasteiger partial charge in [-0.1, -0.05) is 24.3 Å². The first-order valence-corrected chi connectivity index (χ1v) is 9.78. The van der Waals surface area contributed by atoms with E-state index >= 15 is 0 Å². The highest BCUT2D eigenvalue weighted by molar-refractivity contribution is 5.90. The molecular formula is C23H28N4O2. The number of benzene rings is 2. The quantitative estimate of drug-likeness (QED) is 0.426. The van der Waals surface area contributed by atoms with Crippen molar-refractivity contribution in [1.29, 1.82) is 0 Å². The van der Waals surface area contributed by atoms with E-state index in [2.05, 4.69) is 47.6 Å². The van der Waals surface area contributed by atoms with Crippen molar-refractivity contribution in [1.82, 2.24) is 5.32 Å². The van der Waals surface area contributed by atoms with Gasteiger partial charge in [-0.3, -0.25) is 0 Å². The number of carboxylic acids is 1. The number of carbonyl (C=O) groups is 1. The Bertz CT molecular complexity index is 922. The number of nitrogens with two attached hydrogens (primary N) is 2. The molecule has 1 aliphatic rings. The Balaban J connectivity index is 1.77. The van der Waals surface area contributed by atoms with E-state index in [1.165, 1.54) is 23.4 Å². The predicted molar refractivity (Wildman–Crippen MR) is 117 cm³/mol. The zero-order valence-corrected chi connectivity index (χ0v) is 16.6. The highest BCUT2D eigenvalue weighted by Gasteiger charge is 2.21. The molecule has 152 valence electrons. The number of rotatable bonds is 7. The van der Waals surface area contributed by atoms with Gasteiger partial charge in [0.05, 0.1) is 0 Å². The molecule has 3 rings (SSSR count). The monoisotopic (exact) mass is 392 g/mol. The molecule has 0 spiro atoms. The molecule has 1 aliphatic carbocycles. The molecule has 29 heavy (non-hydrogen) atoms. The van der Waals surface area contributed by atoms with Gasteiger partial charge in [0.1, 0.15) is 11.4 Å². The van der Waals surface area contributed by atoms with Gasteiger partial charge in [-0.25, -0.2) is 4.79 Å². The van der Waals surface area contributed by atoms with Crippen LogP contribution in [0.15, 0.2) is 72.2 Å². The van der Waals surface area contributed by atoms with Gasteiger partial charge in [-0.15, -0.1) is 0 Å². The second-order valence-electron chi connectivity index (χ2n) is 7.24. The molecule has 0 radical (unpaired) electrons. The van der Waals surface area contributed by atoms with Crippen LogP contribution >= 0.6 is 0 Å². The van der Waals surface area contributed by atoms with E-state index in [9.17, 15) is 9.90 Å². The predicted octanol–water partition coefficient (Wildman–Crippen LogP) is 3.19. The number of carboxylic acid groups (broad SMARTS) is 1. The highest BCUT2D eigenvalue weighted by Crippen LogP contribution is 2.35. The van der Waals surface area contributed by atoms with Crippen LogP contribution in [0.25, 0.3) is 0 Å². The Hall–Kier alpha value is -3.41. The van der Waals surface area contributed by atoms with Crippen molar-refractivity contribution in [2.75, 3.05) is 18.5 Å². The summed E-state index contributed by atoms with van der Waals surface area (Å²) in [6, 6.07) is 16.9. The van der Waals surface area contributed by atoms with E-state index in [1.54, 1.807) is 0 Å². The zero-order chi connectivity index (χ0) is 20.8. The molecule has 0 aliphatic heterocycles. The number of hydrogen-bond acceptors (Lipinski definition) is 5. The topological polar surface area (TPSA) is 105 Å². The van der Waals surface area contributed by atoms with Crippen molar-refractivity contribution in [3.63, 3.8) is 0 Å². The Labute approximate surface area is 171 Å². The Morgan fingerprint density at radius 3 is 2.69 bits per heavy atom. The summed E-state index contributed by atoms with van der Waals surface area (Å²) in [5.74, 6) is -0.689. The maximum absolute atomic E-state index is 11.3. The third kappa shape index (κ3) is 4.71. The number of anilines is 2. The third-order valence-corrected chi connectivity index (χ3v) is 5.42. The molecule has 6 heteroatoms. The van der Waals surface area contributed by atoms with Crippen LogP contribution in [-0.4, -0.2) is 24.7 Å². The summed E-state index contributed by atoms with van der Waals surface area (Å²) in [5, 5.41) is 12.3. The van der Waals surface area contributed by atoms with Crippen LogP contribution in [0, 0.1) is 0 Å². The van der Waals surface area contributed by atoms with Crippen LogP contribution in [0.2, 0.25) is 0 Å². The van der Waals surface area contributed by atoms with E-state index in [0.717, 1.165) is 30.6 Å². The molecule has 0 heterocycles. The van der Waals surface area contributed by atoms with Crippen LogP contribution in [0.4, 0.5) is 11.4 Å². The van der Waals surface area contributed by atoms with Crippen molar-refractivity contribution in [2.45, 2.75) is 25.2 Å². The van der Waals surface area contributed by atoms with Crippen LogP contribution in [0.5, 0.6) is 0 Å². The minimum atomic E-state index is -1.10. The Kier molecular flexibility index (Phi) is 6.44. The van der Waals surface area contributed by atoms with Crippen molar-refractivity contribution in [2.24, 2.45) is 11.5 Å². The fourth-order valence-corrected chi connectivity index (χ4v) is 3.82. The zero-order valence-electron chi connectivity index (χ0n) is 16.6. The number of aliphatic carboxylic acids is 1. The molecule has 6 N–H and O–H groups in total. The standard InChI is InChI=1S/C23H28N4O2/c1-27(18-8-3-2-4-9-18)19-10-11-20-16(14-19)6-5-7-17(20)15-26-22(25)21(12-13-24)23(28)29/h2-4,8-14,17,26H,5-7,15,24-25H2,1H3,(H,28,29)/b13-12-,22-21-/t17-/m0/s1. The number of nitrogens with zero attached hydrogens (tertiary/aromatic N) is 1. The van der Waals surface area contributed by atoms with Gasteiger partial charge in [0.25, 0.3) is 0 Å². The average Bonchev–Trinajstić information content (AvgIpc) is 2.75. The lowest BCUT2D eigenvalue weighted by atomic mass is 9.82. The summed E-state index contributed by atoms with van der Waals surface area (Å²) in [4.78, 5) is 13.5. The first-order valence-electron chi connectivity index (χ1n) is 9.78. The number of fused-ring (bicyclic) bond motifs is 1. The van der Waals surface area contributed by atoms with Crippen LogP contribution in [-0.2, 0) is 11.2 Å². The second kappa shape index (κ2) is 9.19. The van der Waals surface area contributed by atoms with Gasteiger partial charge in [0, 0.05) is 30.9 Å². The van der Waals surface area contributed by atoms with Crippen LogP contribution in [0.3, 0.4) is 0 Å². The Morgan fingerprint density at radius 2 is 2.00 bits per heavy atom. The van der Waals surface area contributed by atoms with Crippen molar-refractivity contribution < 1.29 is 9.90 Å². The minimum absolute atomic E-state index is 0.0247.